The first-order chi connectivity index (χ1) is 13.6. The van der Waals surface area contributed by atoms with Crippen molar-refractivity contribution in [3.8, 4) is 5.75 Å². The Labute approximate surface area is 166 Å². The molecule has 0 bridgehead atoms. The van der Waals surface area contributed by atoms with Crippen molar-refractivity contribution in [2.75, 3.05) is 0 Å². The van der Waals surface area contributed by atoms with Crippen LogP contribution in [-0.2, 0) is 16.1 Å². The number of benzene rings is 2. The molecule has 1 aromatic heterocycles. The molecule has 0 aliphatic heterocycles. The van der Waals surface area contributed by atoms with Crippen molar-refractivity contribution >= 4 is 16.9 Å². The second kappa shape index (κ2) is 9.36. The third-order valence-corrected chi connectivity index (χ3v) is 4.66. The van der Waals surface area contributed by atoms with E-state index in [0.29, 0.717) is 6.61 Å². The van der Waals surface area contributed by atoms with Crippen LogP contribution in [0.25, 0.3) is 10.9 Å². The van der Waals surface area contributed by atoms with Gasteiger partial charge in [0.05, 0.1) is 0 Å². The summed E-state index contributed by atoms with van der Waals surface area (Å²) in [6, 6.07) is 16.2. The fourth-order valence-electron chi connectivity index (χ4n) is 3.34. The Morgan fingerprint density at radius 3 is 2.79 bits per heavy atom. The molecule has 3 rings (SSSR count). The standard InChI is InChI=1S/C24H27NO3/c1-4-5-11-22(28-18(3)26)20-9-6-8-19(15-20)16-27-23-14-17(2)13-21-10-7-12-25-24(21)23/h6-10,12-15,22H,4-5,11,16H2,1-3H3. The van der Waals surface area contributed by atoms with Gasteiger partial charge in [-0.05, 0) is 60.7 Å². The highest BCUT2D eigenvalue weighted by molar-refractivity contribution is 5.85. The third-order valence-electron chi connectivity index (χ3n) is 4.66. The molecule has 0 radical (unpaired) electrons. The topological polar surface area (TPSA) is 48.4 Å². The Hall–Kier alpha value is -2.88. The molecule has 0 amide bonds. The Bertz CT molecular complexity index is 951. The third kappa shape index (κ3) is 5.10. The van der Waals surface area contributed by atoms with Crippen LogP contribution in [0.3, 0.4) is 0 Å². The van der Waals surface area contributed by atoms with Crippen LogP contribution in [0.4, 0.5) is 0 Å². The fraction of sp³-hybridized carbons (Fsp3) is 0.333. The molecule has 1 heterocycles. The van der Waals surface area contributed by atoms with Gasteiger partial charge in [-0.3, -0.25) is 9.78 Å². The quantitative estimate of drug-likeness (QED) is 0.457. The van der Waals surface area contributed by atoms with E-state index in [4.69, 9.17) is 9.47 Å². The molecule has 1 unspecified atom stereocenters. The highest BCUT2D eigenvalue weighted by Gasteiger charge is 2.15. The van der Waals surface area contributed by atoms with Gasteiger partial charge in [-0.1, -0.05) is 37.6 Å². The lowest BCUT2D eigenvalue weighted by molar-refractivity contribution is -0.147. The van der Waals surface area contributed by atoms with Gasteiger partial charge in [-0.2, -0.15) is 0 Å². The second-order valence-corrected chi connectivity index (χ2v) is 7.11. The number of carbonyl (C=O) groups excluding carboxylic acids is 1. The molecule has 146 valence electrons. The number of hydrogen-bond donors (Lipinski definition) is 0. The van der Waals surface area contributed by atoms with Gasteiger partial charge in [0.2, 0.25) is 0 Å². The predicted octanol–water partition coefficient (Wildman–Crippen LogP) is 5.92. The summed E-state index contributed by atoms with van der Waals surface area (Å²) < 4.78 is 11.7. The van der Waals surface area contributed by atoms with E-state index in [1.165, 1.54) is 6.92 Å². The van der Waals surface area contributed by atoms with Gasteiger partial charge in [0.15, 0.2) is 0 Å². The first kappa shape index (κ1) is 19.9. The minimum atomic E-state index is -0.250. The second-order valence-electron chi connectivity index (χ2n) is 7.11. The maximum Gasteiger partial charge on any atom is 0.303 e. The van der Waals surface area contributed by atoms with Crippen LogP contribution in [0, 0.1) is 6.92 Å². The number of unbranched alkanes of at least 4 members (excludes halogenated alkanes) is 1. The summed E-state index contributed by atoms with van der Waals surface area (Å²) >= 11 is 0. The minimum absolute atomic E-state index is 0.209. The number of aromatic nitrogens is 1. The molecule has 4 heteroatoms. The van der Waals surface area contributed by atoms with Crippen molar-refractivity contribution in [2.24, 2.45) is 0 Å². The smallest absolute Gasteiger partial charge is 0.303 e. The van der Waals surface area contributed by atoms with Gasteiger partial charge in [-0.25, -0.2) is 0 Å². The van der Waals surface area contributed by atoms with E-state index >= 15 is 0 Å². The van der Waals surface area contributed by atoms with Crippen molar-refractivity contribution in [3.63, 3.8) is 0 Å². The molecule has 28 heavy (non-hydrogen) atoms. The minimum Gasteiger partial charge on any atom is -0.487 e. The number of pyridine rings is 1. The number of esters is 1. The predicted molar refractivity (Wildman–Crippen MR) is 111 cm³/mol. The molecule has 4 nitrogen and oxygen atoms in total. The average molecular weight is 377 g/mol. The zero-order valence-electron chi connectivity index (χ0n) is 16.8. The SMILES string of the molecule is CCCCC(OC(C)=O)c1cccc(COc2cc(C)cc3cccnc23)c1. The summed E-state index contributed by atoms with van der Waals surface area (Å²) in [5, 5.41) is 1.07. The van der Waals surface area contributed by atoms with Crippen molar-refractivity contribution in [1.82, 2.24) is 4.98 Å². The Kier molecular flexibility index (Phi) is 6.64. The number of carbonyl (C=O) groups is 1. The van der Waals surface area contributed by atoms with Crippen molar-refractivity contribution in [2.45, 2.75) is 52.7 Å². The largest absolute Gasteiger partial charge is 0.487 e. The molecule has 0 saturated carbocycles. The van der Waals surface area contributed by atoms with Gasteiger partial charge in [-0.15, -0.1) is 0 Å². The van der Waals surface area contributed by atoms with Crippen molar-refractivity contribution < 1.29 is 14.3 Å². The lowest BCUT2D eigenvalue weighted by atomic mass is 10.0. The zero-order chi connectivity index (χ0) is 19.9. The maximum absolute atomic E-state index is 11.5. The highest BCUT2D eigenvalue weighted by atomic mass is 16.5. The van der Waals surface area contributed by atoms with E-state index in [-0.39, 0.29) is 12.1 Å². The molecule has 0 aliphatic rings. The molecule has 0 saturated heterocycles. The number of nitrogens with zero attached hydrogens (tertiary/aromatic N) is 1. The number of rotatable bonds is 8. The van der Waals surface area contributed by atoms with Crippen LogP contribution in [0.1, 0.15) is 55.9 Å². The summed E-state index contributed by atoms with van der Waals surface area (Å²) in [7, 11) is 0. The van der Waals surface area contributed by atoms with E-state index in [9.17, 15) is 4.79 Å². The summed E-state index contributed by atoms with van der Waals surface area (Å²) in [4.78, 5) is 16.0. The first-order valence-corrected chi connectivity index (χ1v) is 9.81. The molecule has 0 fully saturated rings. The Morgan fingerprint density at radius 1 is 1.14 bits per heavy atom. The van der Waals surface area contributed by atoms with Gasteiger partial charge < -0.3 is 9.47 Å². The van der Waals surface area contributed by atoms with Crippen molar-refractivity contribution in [1.29, 1.82) is 0 Å². The Balaban J connectivity index is 1.78. The van der Waals surface area contributed by atoms with Crippen LogP contribution >= 0.6 is 0 Å². The maximum atomic E-state index is 11.5. The first-order valence-electron chi connectivity index (χ1n) is 9.81. The number of aryl methyl sites for hydroxylation is 1. The normalized spacial score (nSPS) is 12.0. The summed E-state index contributed by atoms with van der Waals surface area (Å²) in [6.45, 7) is 6.08. The summed E-state index contributed by atoms with van der Waals surface area (Å²) in [5.74, 6) is 0.531. The number of hydrogen-bond acceptors (Lipinski definition) is 4. The molecule has 0 aliphatic carbocycles. The van der Waals surface area contributed by atoms with Crippen LogP contribution in [0.2, 0.25) is 0 Å². The molecular formula is C24H27NO3. The highest BCUT2D eigenvalue weighted by Crippen LogP contribution is 2.28. The van der Waals surface area contributed by atoms with Crippen LogP contribution < -0.4 is 4.74 Å². The number of ether oxygens (including phenoxy) is 2. The monoisotopic (exact) mass is 377 g/mol. The van der Waals surface area contributed by atoms with Crippen LogP contribution in [-0.4, -0.2) is 11.0 Å². The van der Waals surface area contributed by atoms with E-state index in [1.807, 2.05) is 36.4 Å². The molecule has 0 spiro atoms. The van der Waals surface area contributed by atoms with E-state index in [1.54, 1.807) is 6.20 Å². The van der Waals surface area contributed by atoms with Crippen molar-refractivity contribution in [3.05, 3.63) is 71.4 Å². The van der Waals surface area contributed by atoms with Crippen LogP contribution in [0.15, 0.2) is 54.7 Å². The average Bonchev–Trinajstić information content (AvgIpc) is 2.69. The van der Waals surface area contributed by atoms with Crippen LogP contribution in [0.5, 0.6) is 5.75 Å². The van der Waals surface area contributed by atoms with Gasteiger partial charge in [0.1, 0.15) is 24.0 Å². The molecule has 2 aromatic carbocycles. The fourth-order valence-corrected chi connectivity index (χ4v) is 3.34. The van der Waals surface area contributed by atoms with E-state index in [0.717, 1.165) is 52.6 Å². The van der Waals surface area contributed by atoms with E-state index in [2.05, 4.69) is 31.0 Å². The molecule has 0 N–H and O–H groups in total. The molecule has 1 atom stereocenters. The van der Waals surface area contributed by atoms with Gasteiger partial charge in [0, 0.05) is 18.5 Å². The van der Waals surface area contributed by atoms with Gasteiger partial charge in [0.25, 0.3) is 0 Å². The molecular weight excluding hydrogens is 350 g/mol. The Morgan fingerprint density at radius 2 is 2.00 bits per heavy atom. The molecule has 3 aromatic rings. The summed E-state index contributed by atoms with van der Waals surface area (Å²) in [6.07, 6.45) is 4.47. The summed E-state index contributed by atoms with van der Waals surface area (Å²) in [5.41, 5.74) is 4.05. The van der Waals surface area contributed by atoms with Gasteiger partial charge >= 0.3 is 5.97 Å². The lowest BCUT2D eigenvalue weighted by Gasteiger charge is -2.18. The van der Waals surface area contributed by atoms with E-state index < -0.39 is 0 Å². The number of fused-ring (bicyclic) bond motifs is 1. The lowest BCUT2D eigenvalue weighted by Crippen LogP contribution is -2.09. The zero-order valence-corrected chi connectivity index (χ0v) is 16.8.